The van der Waals surface area contributed by atoms with E-state index < -0.39 is 15.7 Å². The second kappa shape index (κ2) is 8.19. The fourth-order valence-corrected chi connectivity index (χ4v) is 3.45. The van der Waals surface area contributed by atoms with Crippen LogP contribution < -0.4 is 20.1 Å². The smallest absolute Gasteiger partial charge is 0.239 e. The van der Waals surface area contributed by atoms with E-state index in [0.29, 0.717) is 24.7 Å². The van der Waals surface area contributed by atoms with Crippen molar-refractivity contribution in [1.29, 1.82) is 0 Å². The van der Waals surface area contributed by atoms with Crippen LogP contribution in [0.2, 0.25) is 0 Å². The van der Waals surface area contributed by atoms with Gasteiger partial charge in [-0.2, -0.15) is 0 Å². The highest BCUT2D eigenvalue weighted by Gasteiger charge is 2.20. The summed E-state index contributed by atoms with van der Waals surface area (Å²) < 4.78 is 35.4. The Hall–Kier alpha value is -2.29. The van der Waals surface area contributed by atoms with Crippen LogP contribution in [0.15, 0.2) is 23.1 Å². The molecule has 2 amide bonds. The second-order valence-corrected chi connectivity index (χ2v) is 7.98. The Kier molecular flexibility index (Phi) is 6.24. The first-order valence-electron chi connectivity index (χ1n) is 7.96. The van der Waals surface area contributed by atoms with Crippen LogP contribution in [0.25, 0.3) is 0 Å². The third-order valence-electron chi connectivity index (χ3n) is 3.37. The number of fused-ring (bicyclic) bond motifs is 1. The molecule has 0 aromatic heterocycles. The van der Waals surface area contributed by atoms with Crippen LogP contribution in [0.5, 0.6) is 11.5 Å². The van der Waals surface area contributed by atoms with E-state index in [4.69, 9.17) is 9.47 Å². The van der Waals surface area contributed by atoms with E-state index in [1.807, 2.05) is 0 Å². The number of rotatable bonds is 7. The highest BCUT2D eigenvalue weighted by atomic mass is 32.2. The maximum Gasteiger partial charge on any atom is 0.239 e. The quantitative estimate of drug-likeness (QED) is 0.712. The van der Waals surface area contributed by atoms with Crippen molar-refractivity contribution in [1.82, 2.24) is 10.6 Å². The number of sulfone groups is 1. The van der Waals surface area contributed by atoms with Crippen LogP contribution in [-0.4, -0.2) is 51.8 Å². The van der Waals surface area contributed by atoms with Crippen LogP contribution >= 0.6 is 0 Å². The molecule has 1 aromatic carbocycles. The molecular formula is C16H22N2O6S. The topological polar surface area (TPSA) is 111 Å². The number of benzene rings is 1. The average molecular weight is 370 g/mol. The molecular weight excluding hydrogens is 348 g/mol. The fourth-order valence-electron chi connectivity index (χ4n) is 2.20. The summed E-state index contributed by atoms with van der Waals surface area (Å²) in [7, 11) is -3.64. The van der Waals surface area contributed by atoms with E-state index >= 15 is 0 Å². The lowest BCUT2D eigenvalue weighted by molar-refractivity contribution is -0.126. The van der Waals surface area contributed by atoms with E-state index in [1.165, 1.54) is 18.2 Å². The highest BCUT2D eigenvalue weighted by molar-refractivity contribution is 7.91. The number of amides is 2. The molecule has 0 aliphatic carbocycles. The summed E-state index contributed by atoms with van der Waals surface area (Å²) >= 11 is 0. The van der Waals surface area contributed by atoms with Crippen molar-refractivity contribution in [2.24, 2.45) is 0 Å². The Bertz CT molecular complexity index is 745. The lowest BCUT2D eigenvalue weighted by atomic mass is 10.3. The van der Waals surface area contributed by atoms with E-state index in [1.54, 1.807) is 13.8 Å². The predicted molar refractivity (Wildman–Crippen MR) is 90.4 cm³/mol. The molecule has 9 heteroatoms. The SMILES string of the molecule is CC(C)NC(=O)CNC(=O)CCS(=O)(=O)c1ccc2c(c1)OCCO2. The molecule has 0 atom stereocenters. The van der Waals surface area contributed by atoms with Crippen LogP contribution in [0, 0.1) is 0 Å². The minimum atomic E-state index is -3.64. The minimum Gasteiger partial charge on any atom is -0.486 e. The van der Waals surface area contributed by atoms with Gasteiger partial charge in [0.15, 0.2) is 21.3 Å². The number of nitrogens with one attached hydrogen (secondary N) is 2. The van der Waals surface area contributed by atoms with Crippen molar-refractivity contribution in [3.05, 3.63) is 18.2 Å². The molecule has 1 aliphatic heterocycles. The number of hydrogen-bond donors (Lipinski definition) is 2. The maximum atomic E-state index is 12.4. The molecule has 8 nitrogen and oxygen atoms in total. The summed E-state index contributed by atoms with van der Waals surface area (Å²) in [5, 5.41) is 5.03. The zero-order valence-corrected chi connectivity index (χ0v) is 15.0. The molecule has 2 N–H and O–H groups in total. The molecule has 1 aliphatic rings. The van der Waals surface area contributed by atoms with Crippen LogP contribution in [0.4, 0.5) is 0 Å². The van der Waals surface area contributed by atoms with Crippen LogP contribution in [0.1, 0.15) is 20.3 Å². The van der Waals surface area contributed by atoms with Gasteiger partial charge in [-0.05, 0) is 26.0 Å². The number of ether oxygens (including phenoxy) is 2. The number of carbonyl (C=O) groups excluding carboxylic acids is 2. The largest absolute Gasteiger partial charge is 0.486 e. The monoisotopic (exact) mass is 370 g/mol. The van der Waals surface area contributed by atoms with Gasteiger partial charge in [-0.25, -0.2) is 8.42 Å². The lowest BCUT2D eigenvalue weighted by Crippen LogP contribution is -2.40. The van der Waals surface area contributed by atoms with E-state index in [9.17, 15) is 18.0 Å². The van der Waals surface area contributed by atoms with Gasteiger partial charge in [0.2, 0.25) is 11.8 Å². The standard InChI is InChI=1S/C16H22N2O6S/c1-11(2)18-16(20)10-17-15(19)5-8-25(21,22)12-3-4-13-14(9-12)24-7-6-23-13/h3-4,9,11H,5-8,10H2,1-2H3,(H,17,19)(H,18,20). The average Bonchev–Trinajstić information content (AvgIpc) is 2.57. The summed E-state index contributed by atoms with van der Waals surface area (Å²) in [5.41, 5.74) is 0. The van der Waals surface area contributed by atoms with Gasteiger partial charge in [-0.15, -0.1) is 0 Å². The first-order valence-corrected chi connectivity index (χ1v) is 9.61. The first-order chi connectivity index (χ1) is 11.8. The molecule has 0 radical (unpaired) electrons. The molecule has 2 rings (SSSR count). The predicted octanol–water partition coefficient (Wildman–Crippen LogP) is 0.262. The van der Waals surface area contributed by atoms with Gasteiger partial charge in [0, 0.05) is 18.5 Å². The highest BCUT2D eigenvalue weighted by Crippen LogP contribution is 2.32. The third-order valence-corrected chi connectivity index (χ3v) is 5.08. The molecule has 0 fully saturated rings. The van der Waals surface area contributed by atoms with Crippen LogP contribution in [-0.2, 0) is 19.4 Å². The second-order valence-electron chi connectivity index (χ2n) is 5.87. The summed E-state index contributed by atoms with van der Waals surface area (Å²) in [4.78, 5) is 23.3. The first kappa shape index (κ1) is 19.0. The Morgan fingerprint density at radius 3 is 2.48 bits per heavy atom. The van der Waals surface area contributed by atoms with E-state index in [0.717, 1.165) is 0 Å². The van der Waals surface area contributed by atoms with Crippen molar-refractivity contribution in [2.75, 3.05) is 25.5 Å². The van der Waals surface area contributed by atoms with Gasteiger partial charge < -0.3 is 20.1 Å². The van der Waals surface area contributed by atoms with Gasteiger partial charge in [0.1, 0.15) is 13.2 Å². The van der Waals surface area contributed by atoms with Crippen molar-refractivity contribution < 1.29 is 27.5 Å². The van der Waals surface area contributed by atoms with Crippen LogP contribution in [0.3, 0.4) is 0 Å². The lowest BCUT2D eigenvalue weighted by Gasteiger charge is -2.18. The van der Waals surface area contributed by atoms with Crippen molar-refractivity contribution in [2.45, 2.75) is 31.2 Å². The van der Waals surface area contributed by atoms with Gasteiger partial charge in [-0.1, -0.05) is 0 Å². The summed E-state index contributed by atoms with van der Waals surface area (Å²) in [6.07, 6.45) is -0.230. The molecule has 1 heterocycles. The number of hydrogen-bond acceptors (Lipinski definition) is 6. The van der Waals surface area contributed by atoms with Crippen molar-refractivity contribution in [3.8, 4) is 11.5 Å². The van der Waals surface area contributed by atoms with Gasteiger partial charge >= 0.3 is 0 Å². The molecule has 0 unspecified atom stereocenters. The molecule has 0 bridgehead atoms. The van der Waals surface area contributed by atoms with E-state index in [-0.39, 0.29) is 35.6 Å². The summed E-state index contributed by atoms with van der Waals surface area (Å²) in [6.45, 7) is 4.21. The van der Waals surface area contributed by atoms with Gasteiger partial charge in [0.25, 0.3) is 0 Å². The Morgan fingerprint density at radius 2 is 1.80 bits per heavy atom. The molecule has 0 saturated heterocycles. The van der Waals surface area contributed by atoms with E-state index in [2.05, 4.69) is 10.6 Å². The van der Waals surface area contributed by atoms with Gasteiger partial charge in [0.05, 0.1) is 17.2 Å². The Morgan fingerprint density at radius 1 is 1.12 bits per heavy atom. The molecule has 25 heavy (non-hydrogen) atoms. The zero-order chi connectivity index (χ0) is 18.4. The normalized spacial score (nSPS) is 13.4. The Labute approximate surface area is 146 Å². The van der Waals surface area contributed by atoms with Gasteiger partial charge in [-0.3, -0.25) is 9.59 Å². The summed E-state index contributed by atoms with van der Waals surface area (Å²) in [6, 6.07) is 4.34. The van der Waals surface area contributed by atoms with Crippen molar-refractivity contribution >= 4 is 21.7 Å². The summed E-state index contributed by atoms with van der Waals surface area (Å²) in [5.74, 6) is -0.302. The zero-order valence-electron chi connectivity index (χ0n) is 14.2. The van der Waals surface area contributed by atoms with Crippen molar-refractivity contribution in [3.63, 3.8) is 0 Å². The third kappa shape index (κ3) is 5.63. The molecule has 0 spiro atoms. The minimum absolute atomic E-state index is 0.0278. The Balaban J connectivity index is 1.89. The molecule has 138 valence electrons. The molecule has 0 saturated carbocycles. The maximum absolute atomic E-state index is 12.4. The molecule has 1 aromatic rings. The number of carbonyl (C=O) groups is 2. The fraction of sp³-hybridized carbons (Fsp3) is 0.500.